The number of rotatable bonds is 4. The number of pyridine rings is 1. The smallest absolute Gasteiger partial charge is 0.475 e. The van der Waals surface area contributed by atoms with Crippen LogP contribution in [0.15, 0.2) is 42.6 Å². The monoisotopic (exact) mass is 664 g/mol. The number of carbonyl (C=O) groups is 1. The summed E-state index contributed by atoms with van der Waals surface area (Å²) in [6, 6.07) is 6.96. The Kier molecular flexibility index (Phi) is 10.2. The molecular weight excluding hydrogens is 635 g/mol. The average Bonchev–Trinajstić information content (AvgIpc) is 3.20. The van der Waals surface area contributed by atoms with Gasteiger partial charge in [0.25, 0.3) is 0 Å². The fourth-order valence-electron chi connectivity index (χ4n) is 5.00. The Labute approximate surface area is 257 Å². The molecule has 46 heavy (non-hydrogen) atoms. The lowest BCUT2D eigenvalue weighted by atomic mass is 9.99. The molecule has 0 aliphatic carbocycles. The third-order valence-electron chi connectivity index (χ3n) is 7.51. The van der Waals surface area contributed by atoms with Gasteiger partial charge in [-0.2, -0.15) is 44.5 Å². The summed E-state index contributed by atoms with van der Waals surface area (Å²) in [5.41, 5.74) is 0.306. The highest BCUT2D eigenvalue weighted by Gasteiger charge is 2.38. The van der Waals surface area contributed by atoms with Gasteiger partial charge in [-0.05, 0) is 61.6 Å². The van der Waals surface area contributed by atoms with Crippen LogP contribution in [0.3, 0.4) is 0 Å². The van der Waals surface area contributed by atoms with Crippen molar-refractivity contribution in [3.05, 3.63) is 65.0 Å². The Bertz CT molecular complexity index is 1500. The van der Waals surface area contributed by atoms with Crippen LogP contribution in [0.5, 0.6) is 0 Å². The molecule has 2 aromatic heterocycles. The molecular formula is C29H29F9N6O2. The number of alkyl halides is 9. The fourth-order valence-corrected chi connectivity index (χ4v) is 5.00. The molecule has 1 fully saturated rings. The van der Waals surface area contributed by atoms with Gasteiger partial charge in [-0.15, -0.1) is 0 Å². The highest BCUT2D eigenvalue weighted by atomic mass is 19.4. The summed E-state index contributed by atoms with van der Waals surface area (Å²) in [6.07, 6.45) is -10.1. The molecule has 0 bridgehead atoms. The van der Waals surface area contributed by atoms with Gasteiger partial charge < -0.3 is 20.2 Å². The van der Waals surface area contributed by atoms with Crippen molar-refractivity contribution < 1.29 is 49.4 Å². The minimum Gasteiger partial charge on any atom is -0.475 e. The van der Waals surface area contributed by atoms with Crippen molar-refractivity contribution in [3.63, 3.8) is 0 Å². The number of benzene rings is 1. The van der Waals surface area contributed by atoms with Gasteiger partial charge in [-0.25, -0.2) is 14.8 Å². The van der Waals surface area contributed by atoms with Crippen LogP contribution < -0.4 is 15.1 Å². The highest BCUT2D eigenvalue weighted by molar-refractivity contribution is 5.73. The van der Waals surface area contributed by atoms with Crippen molar-refractivity contribution in [1.82, 2.24) is 15.0 Å². The van der Waals surface area contributed by atoms with Gasteiger partial charge in [0.05, 0.1) is 16.8 Å². The summed E-state index contributed by atoms with van der Waals surface area (Å²) in [7, 11) is 0. The van der Waals surface area contributed by atoms with E-state index in [0.29, 0.717) is 41.9 Å². The molecule has 1 saturated heterocycles. The minimum absolute atomic E-state index is 0.131. The van der Waals surface area contributed by atoms with Crippen molar-refractivity contribution in [1.29, 1.82) is 0 Å². The maximum Gasteiger partial charge on any atom is 0.490 e. The Morgan fingerprint density at radius 1 is 0.848 bits per heavy atom. The predicted molar refractivity (Wildman–Crippen MR) is 150 cm³/mol. The third-order valence-corrected chi connectivity index (χ3v) is 7.51. The molecule has 2 N–H and O–H groups in total. The number of hydrogen-bond acceptors (Lipinski definition) is 7. The van der Waals surface area contributed by atoms with E-state index in [1.165, 1.54) is 24.4 Å². The van der Waals surface area contributed by atoms with Crippen LogP contribution >= 0.6 is 0 Å². The lowest BCUT2D eigenvalue weighted by molar-refractivity contribution is -0.192. The van der Waals surface area contributed by atoms with E-state index in [1.54, 1.807) is 4.90 Å². The molecule has 0 spiro atoms. The van der Waals surface area contributed by atoms with E-state index in [4.69, 9.17) is 19.9 Å². The molecule has 17 heteroatoms. The number of nitrogens with one attached hydrogen (secondary N) is 1. The van der Waals surface area contributed by atoms with E-state index < -0.39 is 35.6 Å². The molecule has 2 aliphatic rings. The zero-order valence-corrected chi connectivity index (χ0v) is 24.3. The normalized spacial score (nSPS) is 16.2. The number of aromatic nitrogens is 3. The quantitative estimate of drug-likeness (QED) is 0.285. The first-order valence-electron chi connectivity index (χ1n) is 14.1. The van der Waals surface area contributed by atoms with E-state index in [1.807, 2.05) is 0 Å². The number of nitrogens with zero attached hydrogens (tertiary/aromatic N) is 5. The first-order chi connectivity index (χ1) is 21.4. The topological polar surface area (TPSA) is 94.5 Å². The average molecular weight is 665 g/mol. The van der Waals surface area contributed by atoms with Crippen molar-refractivity contribution in [2.45, 2.75) is 51.1 Å². The number of halogens is 9. The van der Waals surface area contributed by atoms with Gasteiger partial charge in [0.15, 0.2) is 0 Å². The van der Waals surface area contributed by atoms with Crippen molar-refractivity contribution in [3.8, 4) is 0 Å². The molecule has 0 unspecified atom stereocenters. The van der Waals surface area contributed by atoms with Gasteiger partial charge in [-0.1, -0.05) is 6.92 Å². The van der Waals surface area contributed by atoms with Crippen molar-refractivity contribution in [2.24, 2.45) is 5.92 Å². The second kappa shape index (κ2) is 13.6. The van der Waals surface area contributed by atoms with Crippen LogP contribution in [0.25, 0.3) is 0 Å². The van der Waals surface area contributed by atoms with Gasteiger partial charge in [-0.3, -0.25) is 0 Å². The van der Waals surface area contributed by atoms with Crippen LogP contribution in [0.4, 0.5) is 62.8 Å². The summed E-state index contributed by atoms with van der Waals surface area (Å²) in [6.45, 7) is 4.26. The summed E-state index contributed by atoms with van der Waals surface area (Å²) in [5, 5.41) is 10.3. The van der Waals surface area contributed by atoms with E-state index in [9.17, 15) is 39.5 Å². The Hall–Kier alpha value is -4.31. The molecule has 3 aromatic rings. The lowest BCUT2D eigenvalue weighted by Gasteiger charge is -2.31. The lowest BCUT2D eigenvalue weighted by Crippen LogP contribution is -2.34. The molecule has 250 valence electrons. The van der Waals surface area contributed by atoms with Crippen LogP contribution in [0.2, 0.25) is 0 Å². The predicted octanol–water partition coefficient (Wildman–Crippen LogP) is 7.13. The number of carboxylic acids is 1. The van der Waals surface area contributed by atoms with Crippen LogP contribution in [0, 0.1) is 5.92 Å². The Morgan fingerprint density at radius 2 is 1.46 bits per heavy atom. The largest absolute Gasteiger partial charge is 0.490 e. The Balaban J connectivity index is 0.000000617. The van der Waals surface area contributed by atoms with Crippen molar-refractivity contribution >= 4 is 29.2 Å². The van der Waals surface area contributed by atoms with Crippen LogP contribution in [-0.4, -0.2) is 58.4 Å². The number of aliphatic carboxylic acids is 1. The second-order valence-corrected chi connectivity index (χ2v) is 10.8. The first kappa shape index (κ1) is 34.6. The number of carboxylic acid groups (broad SMARTS) is 1. The van der Waals surface area contributed by atoms with E-state index in [-0.39, 0.29) is 18.9 Å². The summed E-state index contributed by atoms with van der Waals surface area (Å²) in [5.74, 6) is -1.34. The minimum atomic E-state index is -5.08. The number of fused-ring (bicyclic) bond motifs is 1. The van der Waals surface area contributed by atoms with Crippen LogP contribution in [0.1, 0.15) is 42.1 Å². The van der Waals surface area contributed by atoms with Crippen LogP contribution in [-0.2, 0) is 30.0 Å². The third kappa shape index (κ3) is 8.69. The van der Waals surface area contributed by atoms with Gasteiger partial charge in [0.2, 0.25) is 5.95 Å². The molecule has 0 atom stereocenters. The van der Waals surface area contributed by atoms with E-state index in [0.717, 1.165) is 49.7 Å². The number of hydrogen-bond donors (Lipinski definition) is 2. The molecule has 0 radical (unpaired) electrons. The molecule has 1 aromatic carbocycles. The SMILES string of the molecule is CC1CCN(c2nc3c(c(Nc4ccc(C(F)(F)F)cc4)n2)CCN(c2ncccc2C(F)(F)F)CC3)CC1.O=C(O)C(F)(F)F. The standard InChI is InChI=1S/C27H28F6N6.C2HF3O2/c1-17-8-13-39(14-9-17)25-36-22-11-16-38(24-21(27(31,32)33)3-2-12-34-24)15-10-20(22)23(37-25)35-19-6-4-18(5-7-19)26(28,29)30;3-2(4,5)1(6)7/h2-7,12,17H,8-11,13-16H2,1H3,(H,35,36,37);(H,6,7). The van der Waals surface area contributed by atoms with E-state index in [2.05, 4.69) is 22.1 Å². The highest BCUT2D eigenvalue weighted by Crippen LogP contribution is 2.37. The van der Waals surface area contributed by atoms with Gasteiger partial charge in [0, 0.05) is 50.0 Å². The molecule has 5 rings (SSSR count). The zero-order valence-electron chi connectivity index (χ0n) is 24.3. The molecule has 8 nitrogen and oxygen atoms in total. The zero-order chi connectivity index (χ0) is 33.9. The second-order valence-electron chi connectivity index (χ2n) is 10.8. The maximum absolute atomic E-state index is 13.7. The number of anilines is 4. The van der Waals surface area contributed by atoms with E-state index >= 15 is 0 Å². The Morgan fingerprint density at radius 3 is 2.02 bits per heavy atom. The van der Waals surface area contributed by atoms with Gasteiger partial charge in [0.1, 0.15) is 11.6 Å². The van der Waals surface area contributed by atoms with Gasteiger partial charge >= 0.3 is 24.5 Å². The summed E-state index contributed by atoms with van der Waals surface area (Å²) < 4.78 is 112. The fraction of sp³-hybridized carbons (Fsp3) is 0.448. The number of piperidine rings is 1. The maximum atomic E-state index is 13.7. The summed E-state index contributed by atoms with van der Waals surface area (Å²) in [4.78, 5) is 26.2. The van der Waals surface area contributed by atoms with Crippen molar-refractivity contribution in [2.75, 3.05) is 41.3 Å². The first-order valence-corrected chi connectivity index (χ1v) is 14.1. The molecule has 0 amide bonds. The molecule has 4 heterocycles. The molecule has 2 aliphatic heterocycles. The molecule has 0 saturated carbocycles. The summed E-state index contributed by atoms with van der Waals surface area (Å²) >= 11 is 0.